The molecule has 220 valence electrons. The SMILES string of the molecule is O=C(Nc1cc2ncoc2c(N2CCC(F)(F)CC2)n1)c1ccc(NS(=O)(=O)CCO)cc1N1CCC2(CC1)CC2. The molecule has 3 aliphatic rings. The molecule has 1 aromatic carbocycles. The van der Waals surface area contributed by atoms with Crippen molar-refractivity contribution in [3.05, 3.63) is 36.2 Å². The lowest BCUT2D eigenvalue weighted by Gasteiger charge is -2.35. The molecule has 2 aliphatic heterocycles. The third-order valence-corrected chi connectivity index (χ3v) is 9.60. The van der Waals surface area contributed by atoms with Gasteiger partial charge in [0.05, 0.1) is 29.3 Å². The summed E-state index contributed by atoms with van der Waals surface area (Å²) in [6.07, 6.45) is 5.04. The van der Waals surface area contributed by atoms with E-state index in [0.29, 0.717) is 39.3 Å². The fourth-order valence-corrected chi connectivity index (χ4v) is 6.49. The second kappa shape index (κ2) is 10.4. The van der Waals surface area contributed by atoms with Crippen LogP contribution >= 0.6 is 0 Å². The van der Waals surface area contributed by atoms with E-state index in [1.54, 1.807) is 23.1 Å². The smallest absolute Gasteiger partial charge is 0.258 e. The van der Waals surface area contributed by atoms with Crippen LogP contribution in [0.25, 0.3) is 11.1 Å². The maximum Gasteiger partial charge on any atom is 0.258 e. The first-order chi connectivity index (χ1) is 19.6. The molecule has 1 saturated carbocycles. The summed E-state index contributed by atoms with van der Waals surface area (Å²) in [4.78, 5) is 26.2. The number of carbonyl (C=O) groups excluding carboxylic acids is 1. The topological polar surface area (TPSA) is 141 Å². The van der Waals surface area contributed by atoms with Crippen molar-refractivity contribution in [2.45, 2.75) is 44.4 Å². The van der Waals surface area contributed by atoms with Gasteiger partial charge in [-0.15, -0.1) is 0 Å². The van der Waals surface area contributed by atoms with Gasteiger partial charge in [-0.1, -0.05) is 0 Å². The minimum Gasteiger partial charge on any atom is -0.440 e. The van der Waals surface area contributed by atoms with Crippen LogP contribution in [0.3, 0.4) is 0 Å². The normalized spacial score (nSPS) is 19.9. The number of oxazole rings is 1. The van der Waals surface area contributed by atoms with E-state index in [4.69, 9.17) is 9.52 Å². The second-order valence-electron chi connectivity index (χ2n) is 11.2. The number of carbonyl (C=O) groups is 1. The molecular formula is C27H32F2N6O5S. The molecule has 11 nitrogen and oxygen atoms in total. The average molecular weight is 591 g/mol. The number of piperidine rings is 2. The quantitative estimate of drug-likeness (QED) is 0.357. The number of halogens is 2. The van der Waals surface area contributed by atoms with E-state index in [9.17, 15) is 22.0 Å². The van der Waals surface area contributed by atoms with Gasteiger partial charge >= 0.3 is 0 Å². The molecule has 3 aromatic rings. The fraction of sp³-hybridized carbons (Fsp3) is 0.519. The molecule has 1 spiro atoms. The zero-order chi connectivity index (χ0) is 28.8. The minimum absolute atomic E-state index is 0.0848. The summed E-state index contributed by atoms with van der Waals surface area (Å²) in [5.74, 6) is -3.10. The summed E-state index contributed by atoms with van der Waals surface area (Å²) < 4.78 is 60.1. The van der Waals surface area contributed by atoms with Crippen LogP contribution in [-0.2, 0) is 10.0 Å². The number of hydrogen-bond donors (Lipinski definition) is 3. The maximum absolute atomic E-state index is 13.8. The number of rotatable bonds is 8. The molecule has 0 atom stereocenters. The minimum atomic E-state index is -3.76. The van der Waals surface area contributed by atoms with Crippen molar-refractivity contribution < 1.29 is 31.5 Å². The number of aliphatic hydroxyl groups excluding tert-OH is 1. The van der Waals surface area contributed by atoms with Crippen molar-refractivity contribution in [2.75, 3.05) is 58.4 Å². The standard InChI is InChI=1S/C27H32F2N6O5S/c28-27(29)7-11-35(12-8-27)24-23-20(30-17-40-23)16-22(31-24)32-25(37)19-2-1-18(33-41(38,39)14-13-36)15-21(19)34-9-5-26(3-4-26)6-10-34/h1-2,15-17,33,36H,3-14H2,(H,31,32,37). The second-order valence-corrected chi connectivity index (χ2v) is 13.0. The molecule has 2 saturated heterocycles. The zero-order valence-electron chi connectivity index (χ0n) is 22.4. The monoisotopic (exact) mass is 590 g/mol. The van der Waals surface area contributed by atoms with Gasteiger partial charge in [-0.2, -0.15) is 0 Å². The molecule has 41 heavy (non-hydrogen) atoms. The summed E-state index contributed by atoms with van der Waals surface area (Å²) in [6, 6.07) is 6.27. The van der Waals surface area contributed by atoms with Crippen LogP contribution < -0.4 is 19.8 Å². The molecule has 14 heteroatoms. The Morgan fingerprint density at radius 1 is 1.02 bits per heavy atom. The Hall–Kier alpha value is -3.52. The molecule has 3 fully saturated rings. The molecular weight excluding hydrogens is 558 g/mol. The Labute approximate surface area is 236 Å². The van der Waals surface area contributed by atoms with Crippen LogP contribution in [0.4, 0.5) is 31.8 Å². The number of amides is 1. The van der Waals surface area contributed by atoms with E-state index >= 15 is 0 Å². The van der Waals surface area contributed by atoms with Crippen molar-refractivity contribution in [1.29, 1.82) is 0 Å². The van der Waals surface area contributed by atoms with Gasteiger partial charge < -0.3 is 24.6 Å². The highest BCUT2D eigenvalue weighted by atomic mass is 32.2. The lowest BCUT2D eigenvalue weighted by Crippen LogP contribution is -2.39. The molecule has 1 amide bonds. The van der Waals surface area contributed by atoms with E-state index in [1.807, 2.05) is 0 Å². The molecule has 0 unspecified atom stereocenters. The number of hydrogen-bond acceptors (Lipinski definition) is 9. The highest BCUT2D eigenvalue weighted by Crippen LogP contribution is 2.54. The first-order valence-electron chi connectivity index (χ1n) is 13.7. The van der Waals surface area contributed by atoms with Gasteiger partial charge in [0.25, 0.3) is 11.8 Å². The molecule has 0 bridgehead atoms. The highest BCUT2D eigenvalue weighted by molar-refractivity contribution is 7.92. The largest absolute Gasteiger partial charge is 0.440 e. The zero-order valence-corrected chi connectivity index (χ0v) is 23.2. The molecule has 0 radical (unpaired) electrons. The van der Waals surface area contributed by atoms with Gasteiger partial charge in [-0.25, -0.2) is 27.2 Å². The van der Waals surface area contributed by atoms with Crippen LogP contribution in [0, 0.1) is 5.41 Å². The number of pyridine rings is 1. The van der Waals surface area contributed by atoms with Gasteiger partial charge in [0.1, 0.15) is 11.3 Å². The number of anilines is 4. The van der Waals surface area contributed by atoms with Crippen LogP contribution in [0.15, 0.2) is 35.1 Å². The highest BCUT2D eigenvalue weighted by Gasteiger charge is 2.44. The lowest BCUT2D eigenvalue weighted by molar-refractivity contribution is -0.0221. The predicted octanol–water partition coefficient (Wildman–Crippen LogP) is 3.83. The van der Waals surface area contributed by atoms with Crippen molar-refractivity contribution >= 4 is 50.0 Å². The Morgan fingerprint density at radius 2 is 1.73 bits per heavy atom. The molecule has 1 aliphatic carbocycles. The molecule has 2 aromatic heterocycles. The van der Waals surface area contributed by atoms with Gasteiger partial charge in [-0.05, 0) is 49.3 Å². The average Bonchev–Trinajstić information content (AvgIpc) is 3.50. The number of alkyl halides is 2. The van der Waals surface area contributed by atoms with Crippen molar-refractivity contribution in [3.8, 4) is 0 Å². The summed E-state index contributed by atoms with van der Waals surface area (Å²) in [5, 5.41) is 11.9. The number of benzene rings is 1. The number of nitrogens with zero attached hydrogens (tertiary/aromatic N) is 4. The Morgan fingerprint density at radius 3 is 2.41 bits per heavy atom. The van der Waals surface area contributed by atoms with Crippen molar-refractivity contribution in [1.82, 2.24) is 9.97 Å². The van der Waals surface area contributed by atoms with Crippen molar-refractivity contribution in [2.24, 2.45) is 5.41 Å². The van der Waals surface area contributed by atoms with Gasteiger partial charge in [0.2, 0.25) is 10.0 Å². The van der Waals surface area contributed by atoms with E-state index in [1.165, 1.54) is 25.3 Å². The third-order valence-electron chi connectivity index (χ3n) is 8.33. The predicted molar refractivity (Wildman–Crippen MR) is 150 cm³/mol. The number of fused-ring (bicyclic) bond motifs is 1. The van der Waals surface area contributed by atoms with Gasteiger partial charge in [0, 0.05) is 45.1 Å². The Bertz CT molecular complexity index is 1560. The first kappa shape index (κ1) is 27.6. The number of aromatic nitrogens is 2. The molecule has 3 N–H and O–H groups in total. The summed E-state index contributed by atoms with van der Waals surface area (Å²) in [7, 11) is -3.76. The van der Waals surface area contributed by atoms with Gasteiger partial charge in [-0.3, -0.25) is 9.52 Å². The first-order valence-corrected chi connectivity index (χ1v) is 15.4. The van der Waals surface area contributed by atoms with E-state index < -0.39 is 34.2 Å². The summed E-state index contributed by atoms with van der Waals surface area (Å²) in [6.45, 7) is 1.13. The van der Waals surface area contributed by atoms with Gasteiger partial charge in [0.15, 0.2) is 17.8 Å². The summed E-state index contributed by atoms with van der Waals surface area (Å²) >= 11 is 0. The third kappa shape index (κ3) is 5.94. The van der Waals surface area contributed by atoms with Crippen LogP contribution in [0.5, 0.6) is 0 Å². The van der Waals surface area contributed by atoms with Crippen LogP contribution in [0.1, 0.15) is 48.9 Å². The fourth-order valence-electron chi connectivity index (χ4n) is 5.66. The number of sulfonamides is 1. The Kier molecular flexibility index (Phi) is 7.00. The van der Waals surface area contributed by atoms with E-state index in [2.05, 4.69) is 24.9 Å². The molecule has 4 heterocycles. The maximum atomic E-state index is 13.8. The molecule has 6 rings (SSSR count). The number of nitrogens with one attached hydrogen (secondary N) is 2. The Balaban J connectivity index is 1.29. The van der Waals surface area contributed by atoms with E-state index in [-0.39, 0.29) is 31.7 Å². The van der Waals surface area contributed by atoms with Crippen LogP contribution in [-0.4, -0.2) is 73.9 Å². The lowest BCUT2D eigenvalue weighted by atomic mass is 9.93. The van der Waals surface area contributed by atoms with E-state index in [0.717, 1.165) is 25.9 Å². The number of aliphatic hydroxyl groups is 1. The summed E-state index contributed by atoms with van der Waals surface area (Å²) in [5.41, 5.74) is 2.40. The van der Waals surface area contributed by atoms with Crippen molar-refractivity contribution in [3.63, 3.8) is 0 Å². The van der Waals surface area contributed by atoms with Crippen LogP contribution in [0.2, 0.25) is 0 Å².